The smallest absolute Gasteiger partial charge is 0.416 e. The molecule has 0 atom stereocenters. The minimum Gasteiger partial charge on any atom is -0.482 e. The quantitative estimate of drug-likeness (QED) is 0.428. The third kappa shape index (κ3) is 5.54. The molecule has 2 aromatic carbocycles. The fourth-order valence-electron chi connectivity index (χ4n) is 2.51. The van der Waals surface area contributed by atoms with Crippen LogP contribution in [0.1, 0.15) is 24.4 Å². The second-order valence-corrected chi connectivity index (χ2v) is 8.20. The van der Waals surface area contributed by atoms with Crippen molar-refractivity contribution < 1.29 is 30.6 Å². The number of carboxylic acid groups (broad SMARTS) is 1. The van der Waals surface area contributed by atoms with Gasteiger partial charge < -0.3 is 9.84 Å². The lowest BCUT2D eigenvalue weighted by Crippen LogP contribution is -2.09. The zero-order valence-electron chi connectivity index (χ0n) is 17.9. The second kappa shape index (κ2) is 9.09. The van der Waals surface area contributed by atoms with Crippen LogP contribution in [0.4, 0.5) is 13.2 Å². The summed E-state index contributed by atoms with van der Waals surface area (Å²) in [6, 6.07) is 9.54. The number of hydrogen-bond acceptors (Lipinski definition) is 5. The van der Waals surface area contributed by atoms with Crippen LogP contribution in [-0.2, 0) is 16.7 Å². The Morgan fingerprint density at radius 1 is 1.23 bits per heavy atom. The first kappa shape index (κ1) is 19.4. The molecule has 0 unspecified atom stereocenters. The number of aryl methyl sites for hydroxylation is 2. The van der Waals surface area contributed by atoms with Crippen LogP contribution in [0.3, 0.4) is 0 Å². The van der Waals surface area contributed by atoms with Crippen molar-refractivity contribution in [1.29, 1.82) is 0 Å². The Morgan fingerprint density at radius 3 is 2.53 bits per heavy atom. The van der Waals surface area contributed by atoms with Gasteiger partial charge in [-0.3, -0.25) is 0 Å². The molecule has 0 saturated carbocycles. The summed E-state index contributed by atoms with van der Waals surface area (Å²) in [7, 11) is 0. The highest BCUT2D eigenvalue weighted by Gasteiger charge is 2.30. The SMILES string of the molecule is [3H]C([3H])(Sc1ccc(OCC(=O)O)c(C)c1)c1sc(-c2ccc(C(F)(F)F)cc2)nc1C. The maximum Gasteiger partial charge on any atom is 0.416 e. The highest BCUT2D eigenvalue weighted by molar-refractivity contribution is 7.98. The number of ether oxygens (including phenoxy) is 1. The van der Waals surface area contributed by atoms with Crippen molar-refractivity contribution in [2.45, 2.75) is 30.6 Å². The molecule has 0 spiro atoms. The monoisotopic (exact) mass is 457 g/mol. The lowest BCUT2D eigenvalue weighted by atomic mass is 10.1. The first-order valence-electron chi connectivity index (χ1n) is 9.66. The van der Waals surface area contributed by atoms with Crippen LogP contribution >= 0.6 is 23.1 Å². The summed E-state index contributed by atoms with van der Waals surface area (Å²) in [6.07, 6.45) is -4.43. The van der Waals surface area contributed by atoms with E-state index in [2.05, 4.69) is 4.98 Å². The largest absolute Gasteiger partial charge is 0.482 e. The summed E-state index contributed by atoms with van der Waals surface area (Å²) in [5, 5.41) is 9.16. The number of aromatic nitrogens is 1. The molecule has 0 aliphatic carbocycles. The first-order chi connectivity index (χ1) is 14.9. The van der Waals surface area contributed by atoms with E-state index in [-0.39, 0.29) is 0 Å². The lowest BCUT2D eigenvalue weighted by molar-refractivity contribution is -0.139. The van der Waals surface area contributed by atoms with Crippen molar-refractivity contribution in [2.75, 3.05) is 6.61 Å². The zero-order valence-corrected chi connectivity index (χ0v) is 17.5. The molecule has 0 aliphatic heterocycles. The summed E-state index contributed by atoms with van der Waals surface area (Å²) >= 11 is 2.05. The van der Waals surface area contributed by atoms with Crippen LogP contribution in [0.25, 0.3) is 10.6 Å². The third-order valence-corrected chi connectivity index (χ3v) is 6.06. The topological polar surface area (TPSA) is 59.4 Å². The van der Waals surface area contributed by atoms with Crippen LogP contribution in [-0.4, -0.2) is 22.7 Å². The van der Waals surface area contributed by atoms with Crippen LogP contribution < -0.4 is 4.74 Å². The number of thioether (sulfide) groups is 1. The third-order valence-electron chi connectivity index (χ3n) is 4.01. The standard InChI is InChI=1S/C21H18F3NO3S2/c1-12-9-16(7-8-17(12)28-10-19(26)27)29-11-18-13(2)25-20(30-18)14-3-5-15(6-4-14)21(22,23)24/h3-9H,10-11H2,1-2H3,(H,26,27)/i11T2. The number of halogens is 3. The molecule has 0 aliphatic rings. The van der Waals surface area contributed by atoms with Gasteiger partial charge in [0.05, 0.1) is 11.3 Å². The van der Waals surface area contributed by atoms with Gasteiger partial charge in [-0.25, -0.2) is 9.78 Å². The Bertz CT molecular complexity index is 1130. The summed E-state index contributed by atoms with van der Waals surface area (Å²) < 4.78 is 60.6. The zero-order chi connectivity index (χ0) is 23.7. The van der Waals surface area contributed by atoms with E-state index in [1.165, 1.54) is 12.1 Å². The number of hydrogen-bond donors (Lipinski definition) is 1. The summed E-state index contributed by atoms with van der Waals surface area (Å²) in [4.78, 5) is 16.0. The summed E-state index contributed by atoms with van der Waals surface area (Å²) in [5.41, 5.74) is -0.998. The van der Waals surface area contributed by atoms with Gasteiger partial charge in [-0.05, 0) is 49.7 Å². The Kier molecular flexibility index (Phi) is 5.89. The molecule has 0 saturated heterocycles. The molecule has 4 nitrogen and oxygen atoms in total. The molecule has 0 bridgehead atoms. The van der Waals surface area contributed by atoms with E-state index < -0.39 is 30.0 Å². The molecule has 1 aromatic heterocycles. The molecule has 0 radical (unpaired) electrons. The minimum absolute atomic E-state index is 0.362. The van der Waals surface area contributed by atoms with Gasteiger partial charge in [0.2, 0.25) is 0 Å². The Hall–Kier alpha value is -2.52. The lowest BCUT2D eigenvalue weighted by Gasteiger charge is -2.08. The Morgan fingerprint density at radius 2 is 1.93 bits per heavy atom. The van der Waals surface area contributed by atoms with Crippen molar-refractivity contribution in [1.82, 2.24) is 4.98 Å². The molecule has 1 heterocycles. The summed E-state index contributed by atoms with van der Waals surface area (Å²) in [6.45, 7) is 2.92. The number of nitrogens with zero attached hydrogens (tertiary/aromatic N) is 1. The van der Waals surface area contributed by atoms with Crippen molar-refractivity contribution in [3.05, 3.63) is 64.2 Å². The van der Waals surface area contributed by atoms with Crippen molar-refractivity contribution in [3.63, 3.8) is 0 Å². The predicted molar refractivity (Wildman–Crippen MR) is 111 cm³/mol. The fraction of sp³-hybridized carbons (Fsp3) is 0.238. The van der Waals surface area contributed by atoms with E-state index in [0.29, 0.717) is 37.4 Å². The number of alkyl halides is 3. The van der Waals surface area contributed by atoms with Gasteiger partial charge in [0.15, 0.2) is 6.61 Å². The number of carbonyl (C=O) groups is 1. The molecular weight excluding hydrogens is 435 g/mol. The molecule has 0 fully saturated rings. The van der Waals surface area contributed by atoms with E-state index in [1.807, 2.05) is 0 Å². The number of benzene rings is 2. The van der Waals surface area contributed by atoms with Gasteiger partial charge in [0, 0.05) is 23.8 Å². The molecule has 158 valence electrons. The van der Waals surface area contributed by atoms with Crippen molar-refractivity contribution in [2.24, 2.45) is 0 Å². The molecule has 3 aromatic rings. The molecular formula is C21H18F3NO3S2. The fourth-order valence-corrected chi connectivity index (χ4v) is 4.35. The second-order valence-electron chi connectivity index (χ2n) is 6.32. The van der Waals surface area contributed by atoms with Gasteiger partial charge in [0.1, 0.15) is 10.8 Å². The number of thiazole rings is 1. The minimum atomic E-state index is -4.43. The number of carboxylic acids is 1. The molecule has 9 heteroatoms. The van der Waals surface area contributed by atoms with Crippen LogP contribution in [0.15, 0.2) is 47.4 Å². The molecule has 3 rings (SSSR count). The average Bonchev–Trinajstić information content (AvgIpc) is 3.09. The van der Waals surface area contributed by atoms with Crippen LogP contribution in [0.5, 0.6) is 5.75 Å². The normalized spacial score (nSPS) is 13.0. The van der Waals surface area contributed by atoms with E-state index in [0.717, 1.165) is 35.2 Å². The van der Waals surface area contributed by atoms with E-state index in [9.17, 15) is 18.0 Å². The highest BCUT2D eigenvalue weighted by atomic mass is 32.2. The van der Waals surface area contributed by atoms with Crippen LogP contribution in [0, 0.1) is 13.8 Å². The molecule has 1 N–H and O–H groups in total. The van der Waals surface area contributed by atoms with E-state index >= 15 is 0 Å². The maximum atomic E-state index is 12.8. The average molecular weight is 458 g/mol. The van der Waals surface area contributed by atoms with E-state index in [4.69, 9.17) is 12.6 Å². The van der Waals surface area contributed by atoms with Crippen LogP contribution in [0.2, 0.25) is 0 Å². The van der Waals surface area contributed by atoms with Crippen molar-refractivity contribution >= 4 is 29.1 Å². The first-order valence-corrected chi connectivity index (χ1v) is 10.3. The molecule has 30 heavy (non-hydrogen) atoms. The van der Waals surface area contributed by atoms with Gasteiger partial charge in [-0.2, -0.15) is 13.2 Å². The van der Waals surface area contributed by atoms with Gasteiger partial charge >= 0.3 is 12.1 Å². The molecule has 0 amide bonds. The Labute approximate surface area is 182 Å². The van der Waals surface area contributed by atoms with E-state index in [1.54, 1.807) is 32.0 Å². The van der Waals surface area contributed by atoms with Gasteiger partial charge in [0.25, 0.3) is 0 Å². The summed E-state index contributed by atoms with van der Waals surface area (Å²) in [5.74, 6) is -0.695. The van der Waals surface area contributed by atoms with Crippen molar-refractivity contribution in [3.8, 4) is 16.3 Å². The maximum absolute atomic E-state index is 12.8. The number of aliphatic carboxylic acids is 1. The predicted octanol–water partition coefficient (Wildman–Crippen LogP) is 6.20. The Balaban J connectivity index is 1.81. The van der Waals surface area contributed by atoms with Gasteiger partial charge in [-0.1, -0.05) is 12.1 Å². The number of rotatable bonds is 7. The highest BCUT2D eigenvalue weighted by Crippen LogP contribution is 2.35. The van der Waals surface area contributed by atoms with Gasteiger partial charge in [-0.15, -0.1) is 23.1 Å².